The minimum absolute atomic E-state index is 0.762. The van der Waals surface area contributed by atoms with Crippen molar-refractivity contribution in [3.8, 4) is 0 Å². The molecule has 1 saturated heterocycles. The number of rotatable bonds is 5. The number of benzene rings is 1. The number of imidazole rings is 1. The highest BCUT2D eigenvalue weighted by molar-refractivity contribution is 5.54. The molecule has 0 amide bonds. The van der Waals surface area contributed by atoms with Gasteiger partial charge in [-0.15, -0.1) is 0 Å². The summed E-state index contributed by atoms with van der Waals surface area (Å²) in [5.74, 6) is 0.762. The van der Waals surface area contributed by atoms with E-state index in [4.69, 9.17) is 0 Å². The lowest BCUT2D eigenvalue weighted by Crippen LogP contribution is -2.23. The van der Waals surface area contributed by atoms with Gasteiger partial charge in [-0.05, 0) is 37.6 Å². The van der Waals surface area contributed by atoms with E-state index >= 15 is 0 Å². The lowest BCUT2D eigenvalue weighted by atomic mass is 10.1. The van der Waals surface area contributed by atoms with E-state index in [1.165, 1.54) is 37.2 Å². The standard InChI is InChI=1S/C19H23N5/c1-22(14-17-15-24-12-6-9-20-19(24)21-17)13-16-7-2-3-8-18(16)23-10-4-5-11-23/h2-3,6-9,12,15H,4-5,10-11,13-14H2,1H3. The fraction of sp³-hybridized carbons (Fsp3) is 0.368. The number of hydrogen-bond donors (Lipinski definition) is 0. The van der Waals surface area contributed by atoms with Crippen molar-refractivity contribution in [2.45, 2.75) is 25.9 Å². The second-order valence-corrected chi connectivity index (χ2v) is 6.55. The van der Waals surface area contributed by atoms with E-state index in [2.05, 4.69) is 57.3 Å². The van der Waals surface area contributed by atoms with Crippen molar-refractivity contribution in [2.75, 3.05) is 25.0 Å². The molecular formula is C19H23N5. The van der Waals surface area contributed by atoms with Gasteiger partial charge in [0.1, 0.15) is 0 Å². The van der Waals surface area contributed by atoms with E-state index in [0.29, 0.717) is 0 Å². The molecule has 3 aromatic rings. The first-order chi connectivity index (χ1) is 11.8. The molecule has 3 heterocycles. The highest BCUT2D eigenvalue weighted by Gasteiger charge is 2.16. The molecule has 5 nitrogen and oxygen atoms in total. The zero-order chi connectivity index (χ0) is 16.4. The van der Waals surface area contributed by atoms with Crippen LogP contribution in [-0.2, 0) is 13.1 Å². The van der Waals surface area contributed by atoms with Crippen LogP contribution in [0.25, 0.3) is 5.78 Å². The van der Waals surface area contributed by atoms with Gasteiger partial charge in [0.25, 0.3) is 0 Å². The predicted molar refractivity (Wildman–Crippen MR) is 96.0 cm³/mol. The number of para-hydroxylation sites is 1. The fourth-order valence-electron chi connectivity index (χ4n) is 3.49. The van der Waals surface area contributed by atoms with Crippen LogP contribution in [0.5, 0.6) is 0 Å². The van der Waals surface area contributed by atoms with Crippen LogP contribution in [0.2, 0.25) is 0 Å². The molecule has 0 aliphatic carbocycles. The van der Waals surface area contributed by atoms with E-state index in [1.54, 1.807) is 6.20 Å². The van der Waals surface area contributed by atoms with Crippen LogP contribution in [0.15, 0.2) is 48.9 Å². The third-order valence-corrected chi connectivity index (χ3v) is 4.60. The summed E-state index contributed by atoms with van der Waals surface area (Å²) in [4.78, 5) is 13.7. The Hall–Kier alpha value is -2.40. The molecule has 24 heavy (non-hydrogen) atoms. The predicted octanol–water partition coefficient (Wildman–Crippen LogP) is 2.96. The van der Waals surface area contributed by atoms with Gasteiger partial charge in [0, 0.05) is 50.5 Å². The summed E-state index contributed by atoms with van der Waals surface area (Å²) >= 11 is 0. The molecule has 0 atom stereocenters. The first-order valence-electron chi connectivity index (χ1n) is 8.59. The van der Waals surface area contributed by atoms with Gasteiger partial charge in [-0.25, -0.2) is 9.97 Å². The Labute approximate surface area is 142 Å². The monoisotopic (exact) mass is 321 g/mol. The number of anilines is 1. The molecule has 2 aromatic heterocycles. The normalized spacial score (nSPS) is 14.8. The van der Waals surface area contributed by atoms with Crippen molar-refractivity contribution in [3.05, 3.63) is 60.2 Å². The Morgan fingerprint density at radius 1 is 1.08 bits per heavy atom. The van der Waals surface area contributed by atoms with Crippen LogP contribution in [0, 0.1) is 0 Å². The number of nitrogens with zero attached hydrogens (tertiary/aromatic N) is 5. The lowest BCUT2D eigenvalue weighted by Gasteiger charge is -2.24. The molecule has 0 N–H and O–H groups in total. The first kappa shape index (κ1) is 15.1. The van der Waals surface area contributed by atoms with Gasteiger partial charge in [-0.2, -0.15) is 0 Å². The van der Waals surface area contributed by atoms with Crippen molar-refractivity contribution in [3.63, 3.8) is 0 Å². The number of hydrogen-bond acceptors (Lipinski definition) is 4. The Morgan fingerprint density at radius 2 is 1.92 bits per heavy atom. The second kappa shape index (κ2) is 6.61. The Morgan fingerprint density at radius 3 is 2.75 bits per heavy atom. The van der Waals surface area contributed by atoms with Crippen molar-refractivity contribution in [2.24, 2.45) is 0 Å². The van der Waals surface area contributed by atoms with Gasteiger partial charge >= 0.3 is 0 Å². The molecule has 0 saturated carbocycles. The molecule has 0 spiro atoms. The minimum atomic E-state index is 0.762. The maximum atomic E-state index is 4.59. The third kappa shape index (κ3) is 3.12. The lowest BCUT2D eigenvalue weighted by molar-refractivity contribution is 0.316. The Balaban J connectivity index is 1.48. The van der Waals surface area contributed by atoms with Crippen LogP contribution in [0.4, 0.5) is 5.69 Å². The van der Waals surface area contributed by atoms with E-state index in [0.717, 1.165) is 24.6 Å². The third-order valence-electron chi connectivity index (χ3n) is 4.60. The highest BCUT2D eigenvalue weighted by Crippen LogP contribution is 2.25. The summed E-state index contributed by atoms with van der Waals surface area (Å²) in [6.45, 7) is 4.10. The van der Waals surface area contributed by atoms with Gasteiger partial charge in [-0.1, -0.05) is 18.2 Å². The summed E-state index contributed by atoms with van der Waals surface area (Å²) in [5, 5.41) is 0. The zero-order valence-corrected chi connectivity index (χ0v) is 14.1. The smallest absolute Gasteiger partial charge is 0.233 e. The highest BCUT2D eigenvalue weighted by atomic mass is 15.2. The summed E-state index contributed by atoms with van der Waals surface area (Å²) in [5.41, 5.74) is 3.83. The molecule has 0 radical (unpaired) electrons. The summed E-state index contributed by atoms with van der Waals surface area (Å²) in [6.07, 6.45) is 8.44. The number of fused-ring (bicyclic) bond motifs is 1. The molecule has 124 valence electrons. The van der Waals surface area contributed by atoms with Crippen molar-refractivity contribution in [1.82, 2.24) is 19.3 Å². The van der Waals surface area contributed by atoms with E-state index in [1.807, 2.05) is 16.7 Å². The summed E-state index contributed by atoms with van der Waals surface area (Å²) in [6, 6.07) is 10.7. The van der Waals surface area contributed by atoms with Crippen LogP contribution < -0.4 is 4.90 Å². The molecule has 4 rings (SSSR count). The van der Waals surface area contributed by atoms with Crippen LogP contribution >= 0.6 is 0 Å². The molecular weight excluding hydrogens is 298 g/mol. The number of aromatic nitrogens is 3. The Kier molecular flexibility index (Phi) is 4.17. The van der Waals surface area contributed by atoms with Gasteiger partial charge < -0.3 is 4.90 Å². The quantitative estimate of drug-likeness (QED) is 0.724. The van der Waals surface area contributed by atoms with Gasteiger partial charge in [0.15, 0.2) is 0 Å². The topological polar surface area (TPSA) is 36.7 Å². The van der Waals surface area contributed by atoms with Gasteiger partial charge in [0.05, 0.1) is 5.69 Å². The van der Waals surface area contributed by atoms with E-state index < -0.39 is 0 Å². The Bertz CT molecular complexity index is 786. The molecule has 1 aliphatic heterocycles. The summed E-state index contributed by atoms with van der Waals surface area (Å²) < 4.78 is 1.97. The molecule has 1 aliphatic rings. The minimum Gasteiger partial charge on any atom is -0.371 e. The molecule has 1 fully saturated rings. The largest absolute Gasteiger partial charge is 0.371 e. The maximum absolute atomic E-state index is 4.59. The molecule has 1 aromatic carbocycles. The SMILES string of the molecule is CN(Cc1cn2cccnc2n1)Cc1ccccc1N1CCCC1. The first-order valence-corrected chi connectivity index (χ1v) is 8.59. The average Bonchev–Trinajstić information content (AvgIpc) is 3.24. The average molecular weight is 321 g/mol. The zero-order valence-electron chi connectivity index (χ0n) is 14.1. The van der Waals surface area contributed by atoms with E-state index in [9.17, 15) is 0 Å². The van der Waals surface area contributed by atoms with Crippen LogP contribution in [0.1, 0.15) is 24.1 Å². The van der Waals surface area contributed by atoms with Crippen molar-refractivity contribution >= 4 is 11.5 Å². The van der Waals surface area contributed by atoms with Crippen molar-refractivity contribution < 1.29 is 0 Å². The molecule has 0 unspecified atom stereocenters. The van der Waals surface area contributed by atoms with Crippen LogP contribution in [-0.4, -0.2) is 39.4 Å². The van der Waals surface area contributed by atoms with Crippen molar-refractivity contribution in [1.29, 1.82) is 0 Å². The molecule has 5 heteroatoms. The maximum Gasteiger partial charge on any atom is 0.233 e. The molecule has 0 bridgehead atoms. The van der Waals surface area contributed by atoms with Gasteiger partial charge in [0.2, 0.25) is 5.78 Å². The second-order valence-electron chi connectivity index (χ2n) is 6.55. The fourth-order valence-corrected chi connectivity index (χ4v) is 3.49. The van der Waals surface area contributed by atoms with E-state index in [-0.39, 0.29) is 0 Å². The van der Waals surface area contributed by atoms with Crippen LogP contribution in [0.3, 0.4) is 0 Å². The summed E-state index contributed by atoms with van der Waals surface area (Å²) in [7, 11) is 2.15. The van der Waals surface area contributed by atoms with Gasteiger partial charge in [-0.3, -0.25) is 9.30 Å².